The second-order valence-corrected chi connectivity index (χ2v) is 6.66. The molecule has 3 rings (SSSR count). The van der Waals surface area contributed by atoms with Gasteiger partial charge in [0.15, 0.2) is 0 Å². The highest BCUT2D eigenvalue weighted by Gasteiger charge is 2.48. The fraction of sp³-hybridized carbons (Fsp3) is 0.263. The van der Waals surface area contributed by atoms with Crippen molar-refractivity contribution in [3.63, 3.8) is 0 Å². The predicted molar refractivity (Wildman–Crippen MR) is 96.2 cm³/mol. The summed E-state index contributed by atoms with van der Waals surface area (Å²) in [5, 5.41) is 6.29. The van der Waals surface area contributed by atoms with Crippen molar-refractivity contribution in [2.45, 2.75) is 20.3 Å². The van der Waals surface area contributed by atoms with E-state index < -0.39 is 0 Å². The van der Waals surface area contributed by atoms with Crippen molar-refractivity contribution in [2.75, 3.05) is 10.6 Å². The van der Waals surface area contributed by atoms with E-state index in [2.05, 4.69) is 10.6 Å². The van der Waals surface area contributed by atoms with Crippen LogP contribution in [0.25, 0.3) is 0 Å². The van der Waals surface area contributed by atoms with Crippen LogP contribution >= 0.6 is 11.6 Å². The Balaban J connectivity index is 1.55. The highest BCUT2D eigenvalue weighted by Crippen LogP contribution is 2.40. The van der Waals surface area contributed by atoms with Crippen LogP contribution in [0.2, 0.25) is 5.02 Å². The lowest BCUT2D eigenvalue weighted by atomic mass is 10.2. The smallest absolute Gasteiger partial charge is 0.228 e. The summed E-state index contributed by atoms with van der Waals surface area (Å²) in [6.45, 7) is 3.89. The number of halogens is 1. The van der Waals surface area contributed by atoms with Gasteiger partial charge in [0.25, 0.3) is 0 Å². The lowest BCUT2D eigenvalue weighted by molar-refractivity contribution is -0.122. The number of amides is 2. The van der Waals surface area contributed by atoms with Crippen LogP contribution in [0.5, 0.6) is 0 Å². The normalized spacial score (nSPS) is 18.8. The van der Waals surface area contributed by atoms with Gasteiger partial charge < -0.3 is 10.6 Å². The van der Waals surface area contributed by atoms with Gasteiger partial charge in [-0.3, -0.25) is 9.59 Å². The van der Waals surface area contributed by atoms with E-state index in [1.807, 2.05) is 50.2 Å². The van der Waals surface area contributed by atoms with Crippen LogP contribution in [0, 0.1) is 25.7 Å². The number of benzene rings is 2. The fourth-order valence-electron chi connectivity index (χ4n) is 2.55. The van der Waals surface area contributed by atoms with E-state index in [4.69, 9.17) is 11.6 Å². The number of nitrogens with one attached hydrogen (secondary N) is 2. The Bertz CT molecular complexity index is 786. The molecule has 0 bridgehead atoms. The van der Waals surface area contributed by atoms with Crippen molar-refractivity contribution in [2.24, 2.45) is 11.8 Å². The first-order chi connectivity index (χ1) is 11.4. The number of aryl methyl sites for hydroxylation is 2. The number of carbonyl (C=O) groups is 2. The van der Waals surface area contributed by atoms with Crippen LogP contribution in [-0.4, -0.2) is 11.8 Å². The summed E-state index contributed by atoms with van der Waals surface area (Å²) in [5.74, 6) is -0.803. The first-order valence-corrected chi connectivity index (χ1v) is 8.26. The monoisotopic (exact) mass is 342 g/mol. The first kappa shape index (κ1) is 16.5. The van der Waals surface area contributed by atoms with E-state index in [-0.39, 0.29) is 23.7 Å². The van der Waals surface area contributed by atoms with Crippen LogP contribution in [0.3, 0.4) is 0 Å². The number of hydrogen-bond donors (Lipinski definition) is 2. The second-order valence-electron chi connectivity index (χ2n) is 6.26. The van der Waals surface area contributed by atoms with Crippen LogP contribution in [0.15, 0.2) is 42.5 Å². The molecule has 2 aromatic rings. The molecule has 2 unspecified atom stereocenters. The molecule has 0 saturated heterocycles. The maximum absolute atomic E-state index is 12.2. The molecule has 5 heteroatoms. The largest absolute Gasteiger partial charge is 0.326 e. The van der Waals surface area contributed by atoms with Crippen LogP contribution < -0.4 is 10.6 Å². The van der Waals surface area contributed by atoms with Gasteiger partial charge in [-0.2, -0.15) is 0 Å². The summed E-state index contributed by atoms with van der Waals surface area (Å²) in [6, 6.07) is 13.0. The van der Waals surface area contributed by atoms with Crippen molar-refractivity contribution in [1.29, 1.82) is 0 Å². The Morgan fingerprint density at radius 2 is 1.46 bits per heavy atom. The third-order valence-corrected chi connectivity index (χ3v) is 4.63. The van der Waals surface area contributed by atoms with Gasteiger partial charge in [0.2, 0.25) is 11.8 Å². The molecule has 0 radical (unpaired) electrons. The molecule has 1 saturated carbocycles. The van der Waals surface area contributed by atoms with Crippen molar-refractivity contribution in [3.8, 4) is 0 Å². The molecular formula is C19H19ClN2O2. The Labute approximate surface area is 146 Å². The predicted octanol–water partition coefficient (Wildman–Crippen LogP) is 4.17. The Kier molecular flexibility index (Phi) is 4.58. The third-order valence-electron chi connectivity index (χ3n) is 4.22. The summed E-state index contributed by atoms with van der Waals surface area (Å²) < 4.78 is 0. The topological polar surface area (TPSA) is 58.2 Å². The molecule has 2 aromatic carbocycles. The van der Waals surface area contributed by atoms with Gasteiger partial charge in [-0.15, -0.1) is 0 Å². The highest BCUT2D eigenvalue weighted by molar-refractivity contribution is 6.31. The lowest BCUT2D eigenvalue weighted by Gasteiger charge is -2.07. The quantitative estimate of drug-likeness (QED) is 0.876. The van der Waals surface area contributed by atoms with E-state index in [1.54, 1.807) is 6.07 Å². The zero-order chi connectivity index (χ0) is 17.3. The number of carbonyl (C=O) groups excluding carboxylic acids is 2. The molecule has 0 spiro atoms. The summed E-state index contributed by atoms with van der Waals surface area (Å²) in [4.78, 5) is 24.5. The minimum atomic E-state index is -0.282. The summed E-state index contributed by atoms with van der Waals surface area (Å²) in [6.07, 6.45) is 0.573. The Morgan fingerprint density at radius 1 is 0.917 bits per heavy atom. The van der Waals surface area contributed by atoms with Gasteiger partial charge in [0.05, 0.1) is 11.8 Å². The van der Waals surface area contributed by atoms with Gasteiger partial charge in [-0.1, -0.05) is 35.4 Å². The minimum absolute atomic E-state index is 0.110. The van der Waals surface area contributed by atoms with Gasteiger partial charge in [-0.25, -0.2) is 0 Å². The summed E-state index contributed by atoms with van der Waals surface area (Å²) >= 11 is 6.06. The van der Waals surface area contributed by atoms with Crippen molar-refractivity contribution in [1.82, 2.24) is 0 Å². The molecule has 1 aliphatic carbocycles. The van der Waals surface area contributed by atoms with Crippen LogP contribution in [-0.2, 0) is 9.59 Å². The molecule has 0 aliphatic heterocycles. The fourth-order valence-corrected chi connectivity index (χ4v) is 2.73. The van der Waals surface area contributed by atoms with Crippen molar-refractivity contribution < 1.29 is 9.59 Å². The standard InChI is InChI=1S/C19H19ClN2O2/c1-11-3-6-13(7-4-11)21-18(23)15-10-16(15)19(24)22-14-8-5-12(2)17(20)9-14/h3-9,15-16H,10H2,1-2H3,(H,21,23)(H,22,24). The lowest BCUT2D eigenvalue weighted by Crippen LogP contribution is -2.20. The highest BCUT2D eigenvalue weighted by atomic mass is 35.5. The van der Waals surface area contributed by atoms with Crippen molar-refractivity contribution >= 4 is 34.8 Å². The molecule has 2 atom stereocenters. The molecule has 124 valence electrons. The van der Waals surface area contributed by atoms with Gasteiger partial charge in [-0.05, 0) is 50.1 Å². The Morgan fingerprint density at radius 3 is 2.04 bits per heavy atom. The van der Waals surface area contributed by atoms with Crippen molar-refractivity contribution in [3.05, 3.63) is 58.6 Å². The average Bonchev–Trinajstić information content (AvgIpc) is 3.34. The molecule has 1 aliphatic rings. The van der Waals surface area contributed by atoms with Crippen LogP contribution in [0.4, 0.5) is 11.4 Å². The first-order valence-electron chi connectivity index (χ1n) is 7.88. The third kappa shape index (κ3) is 3.77. The van der Waals surface area contributed by atoms with E-state index in [9.17, 15) is 9.59 Å². The van der Waals surface area contributed by atoms with E-state index >= 15 is 0 Å². The minimum Gasteiger partial charge on any atom is -0.326 e. The maximum Gasteiger partial charge on any atom is 0.228 e. The Hall–Kier alpha value is -2.33. The van der Waals surface area contributed by atoms with E-state index in [1.165, 1.54) is 0 Å². The molecule has 2 amide bonds. The SMILES string of the molecule is Cc1ccc(NC(=O)C2CC2C(=O)Nc2ccc(C)c(Cl)c2)cc1. The second kappa shape index (κ2) is 6.65. The number of hydrogen-bond acceptors (Lipinski definition) is 2. The molecule has 4 nitrogen and oxygen atoms in total. The maximum atomic E-state index is 12.2. The summed E-state index contributed by atoms with van der Waals surface area (Å²) in [7, 11) is 0. The van der Waals surface area contributed by atoms with Gasteiger partial charge >= 0.3 is 0 Å². The van der Waals surface area contributed by atoms with Crippen LogP contribution in [0.1, 0.15) is 17.5 Å². The van der Waals surface area contributed by atoms with E-state index in [0.29, 0.717) is 17.1 Å². The molecule has 2 N–H and O–H groups in total. The van der Waals surface area contributed by atoms with Gasteiger partial charge in [0, 0.05) is 16.4 Å². The summed E-state index contributed by atoms with van der Waals surface area (Å²) in [5.41, 5.74) is 3.49. The van der Waals surface area contributed by atoms with Gasteiger partial charge in [0.1, 0.15) is 0 Å². The number of anilines is 2. The number of rotatable bonds is 4. The average molecular weight is 343 g/mol. The zero-order valence-corrected chi connectivity index (χ0v) is 14.4. The van der Waals surface area contributed by atoms with E-state index in [0.717, 1.165) is 16.8 Å². The molecule has 24 heavy (non-hydrogen) atoms. The molecule has 0 heterocycles. The zero-order valence-electron chi connectivity index (χ0n) is 13.6. The molecule has 1 fully saturated rings. The molecular weight excluding hydrogens is 324 g/mol. The molecule has 0 aromatic heterocycles.